The Labute approximate surface area is 159 Å². The van der Waals surface area contributed by atoms with Crippen molar-refractivity contribution in [3.05, 3.63) is 23.8 Å². The molecule has 7 heteroatoms. The molecule has 1 fully saturated rings. The van der Waals surface area contributed by atoms with E-state index in [2.05, 4.69) is 11.4 Å². The predicted octanol–water partition coefficient (Wildman–Crippen LogP) is 2.98. The Morgan fingerprint density at radius 3 is 2.63 bits per heavy atom. The van der Waals surface area contributed by atoms with Crippen LogP contribution in [0, 0.1) is 5.92 Å². The molecule has 2 aliphatic rings. The lowest BCUT2D eigenvalue weighted by molar-refractivity contribution is -0.141. The van der Waals surface area contributed by atoms with E-state index in [0.29, 0.717) is 6.54 Å². The fraction of sp³-hybridized carbons (Fsp3) is 0.600. The normalized spacial score (nSPS) is 18.6. The molecule has 1 aromatic rings. The topological polar surface area (TPSA) is 88.1 Å². The summed E-state index contributed by atoms with van der Waals surface area (Å²) >= 11 is 0. The number of ether oxygens (including phenoxy) is 2. The highest BCUT2D eigenvalue weighted by molar-refractivity contribution is 5.75. The summed E-state index contributed by atoms with van der Waals surface area (Å²) in [6.45, 7) is 2.55. The lowest BCUT2D eigenvalue weighted by atomic mass is 9.69. The first kappa shape index (κ1) is 19.3. The molecule has 1 saturated carbocycles. The largest absolute Gasteiger partial charge is 0.481 e. The third kappa shape index (κ3) is 4.28. The summed E-state index contributed by atoms with van der Waals surface area (Å²) in [5, 5.41) is 12.1. The zero-order valence-corrected chi connectivity index (χ0v) is 16.0. The van der Waals surface area contributed by atoms with Crippen LogP contribution >= 0.6 is 0 Å². The Morgan fingerprint density at radius 1 is 1.22 bits per heavy atom. The van der Waals surface area contributed by atoms with Crippen LogP contribution < -0.4 is 14.8 Å². The van der Waals surface area contributed by atoms with E-state index in [1.165, 1.54) is 11.3 Å². The summed E-state index contributed by atoms with van der Waals surface area (Å²) in [6.07, 6.45) is 5.45. The Kier molecular flexibility index (Phi) is 5.77. The van der Waals surface area contributed by atoms with Crippen LogP contribution in [0.4, 0.5) is 4.79 Å². The fourth-order valence-corrected chi connectivity index (χ4v) is 3.97. The van der Waals surface area contributed by atoms with Crippen LogP contribution in [0.2, 0.25) is 0 Å². The summed E-state index contributed by atoms with van der Waals surface area (Å²) < 4.78 is 10.9. The highest BCUT2D eigenvalue weighted by Gasteiger charge is 2.35. The Balaban J connectivity index is 1.70. The van der Waals surface area contributed by atoms with Gasteiger partial charge >= 0.3 is 12.0 Å². The predicted molar refractivity (Wildman–Crippen MR) is 100 cm³/mol. The van der Waals surface area contributed by atoms with E-state index >= 15 is 0 Å². The average molecular weight is 376 g/mol. The minimum atomic E-state index is -0.904. The molecule has 1 aliphatic carbocycles. The van der Waals surface area contributed by atoms with Crippen LogP contribution in [0.5, 0.6) is 11.5 Å². The number of fused-ring (bicyclic) bond motifs is 1. The maximum Gasteiger partial charge on any atom is 0.317 e. The SMILES string of the molecule is CC(CN(C)C(=O)NCC1(c2ccc3c(c2)OCO3)CCCCC1)C(=O)O. The number of urea groups is 1. The molecule has 0 bridgehead atoms. The number of nitrogens with zero attached hydrogens (tertiary/aromatic N) is 1. The van der Waals surface area contributed by atoms with E-state index in [1.54, 1.807) is 14.0 Å². The standard InChI is InChI=1S/C20H28N2O5/c1-14(18(23)24)11-22(2)19(25)21-12-20(8-4-3-5-9-20)15-6-7-16-17(10-15)27-13-26-16/h6-7,10,14H,3-5,8-9,11-13H2,1-2H3,(H,21,25)(H,23,24). The van der Waals surface area contributed by atoms with E-state index in [4.69, 9.17) is 14.6 Å². The Bertz CT molecular complexity index is 700. The highest BCUT2D eigenvalue weighted by atomic mass is 16.7. The molecular weight excluding hydrogens is 348 g/mol. The molecule has 148 valence electrons. The summed E-state index contributed by atoms with van der Waals surface area (Å²) in [7, 11) is 1.63. The first-order valence-corrected chi connectivity index (χ1v) is 9.53. The van der Waals surface area contributed by atoms with Gasteiger partial charge in [-0.2, -0.15) is 0 Å². The van der Waals surface area contributed by atoms with Crippen LogP contribution in [0.3, 0.4) is 0 Å². The number of hydrogen-bond donors (Lipinski definition) is 2. The fourth-order valence-electron chi connectivity index (χ4n) is 3.97. The van der Waals surface area contributed by atoms with Crippen LogP contribution in [-0.2, 0) is 10.2 Å². The molecular formula is C20H28N2O5. The molecule has 1 heterocycles. The molecule has 0 aromatic heterocycles. The number of rotatable bonds is 6. The van der Waals surface area contributed by atoms with Crippen molar-refractivity contribution in [1.82, 2.24) is 10.2 Å². The second-order valence-electron chi connectivity index (χ2n) is 7.69. The number of carboxylic acid groups (broad SMARTS) is 1. The van der Waals surface area contributed by atoms with Crippen molar-refractivity contribution in [1.29, 1.82) is 0 Å². The summed E-state index contributed by atoms with van der Waals surface area (Å²) in [6, 6.07) is 5.81. The molecule has 1 unspecified atom stereocenters. The van der Waals surface area contributed by atoms with Crippen molar-refractivity contribution in [2.45, 2.75) is 44.4 Å². The zero-order chi connectivity index (χ0) is 19.4. The molecule has 0 radical (unpaired) electrons. The van der Waals surface area contributed by atoms with Gasteiger partial charge in [0.25, 0.3) is 0 Å². The quantitative estimate of drug-likeness (QED) is 0.797. The van der Waals surface area contributed by atoms with Crippen molar-refractivity contribution in [3.63, 3.8) is 0 Å². The monoisotopic (exact) mass is 376 g/mol. The van der Waals surface area contributed by atoms with Crippen molar-refractivity contribution in [3.8, 4) is 11.5 Å². The first-order chi connectivity index (χ1) is 12.9. The average Bonchev–Trinajstić information content (AvgIpc) is 3.14. The lowest BCUT2D eigenvalue weighted by Crippen LogP contribution is -2.47. The van der Waals surface area contributed by atoms with Gasteiger partial charge < -0.3 is 24.8 Å². The number of carboxylic acids is 1. The minimum absolute atomic E-state index is 0.131. The van der Waals surface area contributed by atoms with Gasteiger partial charge in [0.15, 0.2) is 11.5 Å². The molecule has 0 spiro atoms. The van der Waals surface area contributed by atoms with Gasteiger partial charge in [0.2, 0.25) is 6.79 Å². The van der Waals surface area contributed by atoms with Gasteiger partial charge in [-0.1, -0.05) is 32.3 Å². The number of benzene rings is 1. The number of amides is 2. The first-order valence-electron chi connectivity index (χ1n) is 9.53. The molecule has 7 nitrogen and oxygen atoms in total. The molecule has 1 aliphatic heterocycles. The van der Waals surface area contributed by atoms with Crippen molar-refractivity contribution >= 4 is 12.0 Å². The van der Waals surface area contributed by atoms with E-state index < -0.39 is 11.9 Å². The highest BCUT2D eigenvalue weighted by Crippen LogP contribution is 2.43. The molecule has 3 rings (SSSR count). The Morgan fingerprint density at radius 2 is 1.93 bits per heavy atom. The lowest BCUT2D eigenvalue weighted by Gasteiger charge is -2.38. The number of nitrogens with one attached hydrogen (secondary N) is 1. The second-order valence-corrected chi connectivity index (χ2v) is 7.69. The van der Waals surface area contributed by atoms with E-state index in [9.17, 15) is 9.59 Å². The zero-order valence-electron chi connectivity index (χ0n) is 16.0. The Hall–Kier alpha value is -2.44. The van der Waals surface area contributed by atoms with E-state index in [-0.39, 0.29) is 24.8 Å². The molecule has 27 heavy (non-hydrogen) atoms. The maximum absolute atomic E-state index is 12.5. The third-order valence-corrected chi connectivity index (χ3v) is 5.69. The summed E-state index contributed by atoms with van der Waals surface area (Å²) in [5.41, 5.74) is 1.03. The van der Waals surface area contributed by atoms with Gasteiger partial charge in [-0.3, -0.25) is 4.79 Å². The van der Waals surface area contributed by atoms with E-state index in [0.717, 1.165) is 42.7 Å². The number of carbonyl (C=O) groups is 2. The molecule has 2 amide bonds. The van der Waals surface area contributed by atoms with Gasteiger partial charge in [0.05, 0.1) is 5.92 Å². The van der Waals surface area contributed by atoms with Gasteiger partial charge in [-0.05, 0) is 30.5 Å². The van der Waals surface area contributed by atoms with Crippen LogP contribution in [0.25, 0.3) is 0 Å². The summed E-state index contributed by atoms with van der Waals surface area (Å²) in [5.74, 6) is 0.0179. The van der Waals surface area contributed by atoms with Crippen LogP contribution in [-0.4, -0.2) is 48.9 Å². The molecule has 2 N–H and O–H groups in total. The molecule has 1 aromatic carbocycles. The van der Waals surface area contributed by atoms with Crippen molar-refractivity contribution < 1.29 is 24.2 Å². The van der Waals surface area contributed by atoms with Gasteiger partial charge in [0.1, 0.15) is 0 Å². The minimum Gasteiger partial charge on any atom is -0.481 e. The van der Waals surface area contributed by atoms with Crippen molar-refractivity contribution in [2.24, 2.45) is 5.92 Å². The maximum atomic E-state index is 12.5. The van der Waals surface area contributed by atoms with Gasteiger partial charge in [0, 0.05) is 25.6 Å². The van der Waals surface area contributed by atoms with Crippen molar-refractivity contribution in [2.75, 3.05) is 26.9 Å². The second kappa shape index (κ2) is 8.06. The number of aliphatic carboxylic acids is 1. The molecule has 0 saturated heterocycles. The van der Waals surface area contributed by atoms with Gasteiger partial charge in [-0.25, -0.2) is 4.79 Å². The summed E-state index contributed by atoms with van der Waals surface area (Å²) in [4.78, 5) is 24.9. The van der Waals surface area contributed by atoms with Gasteiger partial charge in [-0.15, -0.1) is 0 Å². The molecule has 1 atom stereocenters. The van der Waals surface area contributed by atoms with E-state index in [1.807, 2.05) is 12.1 Å². The van der Waals surface area contributed by atoms with Crippen LogP contribution in [0.1, 0.15) is 44.6 Å². The smallest absolute Gasteiger partial charge is 0.317 e. The van der Waals surface area contributed by atoms with Crippen LogP contribution in [0.15, 0.2) is 18.2 Å². The third-order valence-electron chi connectivity index (χ3n) is 5.69. The number of hydrogen-bond acceptors (Lipinski definition) is 4. The number of carbonyl (C=O) groups excluding carboxylic acids is 1.